The normalized spacial score (nSPS) is 13.1. The molecule has 1 heterocycles. The SMILES string of the molecule is CCCSCC(N)Cc1nccs1. The lowest BCUT2D eigenvalue weighted by Crippen LogP contribution is -2.25. The molecule has 1 aromatic rings. The van der Waals surface area contributed by atoms with Crippen LogP contribution < -0.4 is 5.73 Å². The quantitative estimate of drug-likeness (QED) is 0.741. The van der Waals surface area contributed by atoms with E-state index in [0.717, 1.165) is 17.2 Å². The summed E-state index contributed by atoms with van der Waals surface area (Å²) in [5.74, 6) is 2.26. The molecule has 0 aromatic carbocycles. The molecule has 0 fully saturated rings. The maximum atomic E-state index is 5.95. The number of aromatic nitrogens is 1. The molecule has 1 rings (SSSR count). The van der Waals surface area contributed by atoms with Gasteiger partial charge in [-0.1, -0.05) is 6.92 Å². The summed E-state index contributed by atoms with van der Waals surface area (Å²) in [5.41, 5.74) is 5.95. The van der Waals surface area contributed by atoms with Crippen molar-refractivity contribution >= 4 is 23.1 Å². The molecule has 1 unspecified atom stereocenters. The van der Waals surface area contributed by atoms with Gasteiger partial charge in [0.2, 0.25) is 0 Å². The molecule has 1 atom stereocenters. The van der Waals surface area contributed by atoms with Gasteiger partial charge < -0.3 is 5.73 Å². The minimum atomic E-state index is 0.266. The van der Waals surface area contributed by atoms with Crippen molar-refractivity contribution in [2.24, 2.45) is 5.73 Å². The summed E-state index contributed by atoms with van der Waals surface area (Å²) >= 11 is 3.63. The first-order valence-corrected chi connectivity index (χ1v) is 6.58. The summed E-state index contributed by atoms with van der Waals surface area (Å²) in [4.78, 5) is 4.21. The molecule has 0 spiro atoms. The van der Waals surface area contributed by atoms with Crippen molar-refractivity contribution in [3.63, 3.8) is 0 Å². The summed E-state index contributed by atoms with van der Waals surface area (Å²) in [6.07, 6.45) is 3.99. The zero-order valence-electron chi connectivity index (χ0n) is 7.90. The van der Waals surface area contributed by atoms with Gasteiger partial charge in [-0.3, -0.25) is 0 Å². The van der Waals surface area contributed by atoms with E-state index in [1.165, 1.54) is 12.2 Å². The van der Waals surface area contributed by atoms with Crippen molar-refractivity contribution < 1.29 is 0 Å². The molecule has 1 aromatic heterocycles. The van der Waals surface area contributed by atoms with E-state index < -0.39 is 0 Å². The van der Waals surface area contributed by atoms with E-state index in [9.17, 15) is 0 Å². The Morgan fingerprint density at radius 3 is 3.15 bits per heavy atom. The van der Waals surface area contributed by atoms with Gasteiger partial charge in [-0.05, 0) is 12.2 Å². The number of rotatable bonds is 6. The highest BCUT2D eigenvalue weighted by Crippen LogP contribution is 2.10. The third-order valence-electron chi connectivity index (χ3n) is 1.60. The van der Waals surface area contributed by atoms with Crippen LogP contribution >= 0.6 is 23.1 Å². The fraction of sp³-hybridized carbons (Fsp3) is 0.667. The first kappa shape index (κ1) is 11.0. The van der Waals surface area contributed by atoms with E-state index in [2.05, 4.69) is 11.9 Å². The van der Waals surface area contributed by atoms with Crippen molar-refractivity contribution in [1.82, 2.24) is 4.98 Å². The number of thioether (sulfide) groups is 1. The molecule has 0 aliphatic heterocycles. The highest BCUT2D eigenvalue weighted by atomic mass is 32.2. The lowest BCUT2D eigenvalue weighted by Gasteiger charge is -2.08. The summed E-state index contributed by atoms with van der Waals surface area (Å²) in [7, 11) is 0. The maximum absolute atomic E-state index is 5.95. The second-order valence-corrected chi connectivity index (χ2v) is 5.09. The molecule has 0 aliphatic rings. The second-order valence-electron chi connectivity index (χ2n) is 2.96. The zero-order valence-corrected chi connectivity index (χ0v) is 9.53. The van der Waals surface area contributed by atoms with Gasteiger partial charge in [0.25, 0.3) is 0 Å². The Balaban J connectivity index is 2.14. The minimum Gasteiger partial charge on any atom is -0.327 e. The number of hydrogen-bond acceptors (Lipinski definition) is 4. The minimum absolute atomic E-state index is 0.266. The Morgan fingerprint density at radius 1 is 1.69 bits per heavy atom. The maximum Gasteiger partial charge on any atom is 0.0940 e. The summed E-state index contributed by atoms with van der Waals surface area (Å²) in [5, 5.41) is 3.16. The molecular weight excluding hydrogens is 200 g/mol. The van der Waals surface area contributed by atoms with Gasteiger partial charge in [-0.2, -0.15) is 11.8 Å². The summed E-state index contributed by atoms with van der Waals surface area (Å²) < 4.78 is 0. The first-order chi connectivity index (χ1) is 6.33. The van der Waals surface area contributed by atoms with Crippen LogP contribution in [-0.4, -0.2) is 22.5 Å². The van der Waals surface area contributed by atoms with Crippen LogP contribution in [0, 0.1) is 0 Å². The Morgan fingerprint density at radius 2 is 2.54 bits per heavy atom. The predicted octanol–water partition coefficient (Wildman–Crippen LogP) is 2.16. The molecular formula is C9H16N2S2. The van der Waals surface area contributed by atoms with Crippen molar-refractivity contribution in [2.45, 2.75) is 25.8 Å². The van der Waals surface area contributed by atoms with E-state index in [-0.39, 0.29) is 6.04 Å². The van der Waals surface area contributed by atoms with Gasteiger partial charge in [-0.15, -0.1) is 11.3 Å². The van der Waals surface area contributed by atoms with Gasteiger partial charge in [-0.25, -0.2) is 4.98 Å². The Labute approximate surface area is 87.9 Å². The van der Waals surface area contributed by atoms with Crippen LogP contribution in [0.1, 0.15) is 18.4 Å². The lowest BCUT2D eigenvalue weighted by molar-refractivity contribution is 0.744. The highest BCUT2D eigenvalue weighted by Gasteiger charge is 2.05. The van der Waals surface area contributed by atoms with Gasteiger partial charge in [0.15, 0.2) is 0 Å². The molecule has 4 heteroatoms. The van der Waals surface area contributed by atoms with Crippen molar-refractivity contribution in [3.8, 4) is 0 Å². The van der Waals surface area contributed by atoms with Crippen LogP contribution in [0.4, 0.5) is 0 Å². The monoisotopic (exact) mass is 216 g/mol. The van der Waals surface area contributed by atoms with Crippen LogP contribution in [0.5, 0.6) is 0 Å². The van der Waals surface area contributed by atoms with Crippen molar-refractivity contribution in [1.29, 1.82) is 0 Å². The number of thiazole rings is 1. The molecule has 74 valence electrons. The smallest absolute Gasteiger partial charge is 0.0940 e. The van der Waals surface area contributed by atoms with Gasteiger partial charge >= 0.3 is 0 Å². The van der Waals surface area contributed by atoms with E-state index in [0.29, 0.717) is 0 Å². The first-order valence-electron chi connectivity index (χ1n) is 4.54. The van der Waals surface area contributed by atoms with Crippen LogP contribution in [-0.2, 0) is 6.42 Å². The second kappa shape index (κ2) is 6.40. The molecule has 2 nitrogen and oxygen atoms in total. The average Bonchev–Trinajstić information content (AvgIpc) is 2.57. The standard InChI is InChI=1S/C9H16N2S2/c1-2-4-12-7-8(10)6-9-11-3-5-13-9/h3,5,8H,2,4,6-7,10H2,1H3. The Bertz CT molecular complexity index is 211. The zero-order chi connectivity index (χ0) is 9.52. The fourth-order valence-electron chi connectivity index (χ4n) is 1.02. The molecule has 0 radical (unpaired) electrons. The summed E-state index contributed by atoms with van der Waals surface area (Å²) in [6, 6.07) is 0.266. The molecule has 0 aliphatic carbocycles. The molecule has 0 saturated heterocycles. The van der Waals surface area contributed by atoms with Crippen LogP contribution in [0.2, 0.25) is 0 Å². The van der Waals surface area contributed by atoms with E-state index >= 15 is 0 Å². The van der Waals surface area contributed by atoms with Gasteiger partial charge in [0.05, 0.1) is 5.01 Å². The highest BCUT2D eigenvalue weighted by molar-refractivity contribution is 7.99. The van der Waals surface area contributed by atoms with Crippen molar-refractivity contribution in [2.75, 3.05) is 11.5 Å². The molecule has 0 bridgehead atoms. The van der Waals surface area contributed by atoms with Crippen LogP contribution in [0.25, 0.3) is 0 Å². The van der Waals surface area contributed by atoms with Crippen molar-refractivity contribution in [3.05, 3.63) is 16.6 Å². The Kier molecular flexibility index (Phi) is 5.43. The molecule has 2 N–H and O–H groups in total. The molecule has 0 amide bonds. The van der Waals surface area contributed by atoms with Crippen LogP contribution in [0.15, 0.2) is 11.6 Å². The van der Waals surface area contributed by atoms with Gasteiger partial charge in [0.1, 0.15) is 0 Å². The van der Waals surface area contributed by atoms with E-state index in [1.807, 2.05) is 23.3 Å². The predicted molar refractivity (Wildman–Crippen MR) is 61.4 cm³/mol. The largest absolute Gasteiger partial charge is 0.327 e. The third-order valence-corrected chi connectivity index (χ3v) is 3.76. The van der Waals surface area contributed by atoms with Crippen LogP contribution in [0.3, 0.4) is 0 Å². The molecule has 0 saturated carbocycles. The Hall–Kier alpha value is -0.0600. The topological polar surface area (TPSA) is 38.9 Å². The average molecular weight is 216 g/mol. The number of nitrogens with two attached hydrogens (primary N) is 1. The van der Waals surface area contributed by atoms with Gasteiger partial charge in [0, 0.05) is 29.8 Å². The fourth-order valence-corrected chi connectivity index (χ4v) is 2.60. The van der Waals surface area contributed by atoms with E-state index in [4.69, 9.17) is 5.73 Å². The number of nitrogens with zero attached hydrogens (tertiary/aromatic N) is 1. The molecule has 13 heavy (non-hydrogen) atoms. The lowest BCUT2D eigenvalue weighted by atomic mass is 10.3. The number of hydrogen-bond donors (Lipinski definition) is 1. The van der Waals surface area contributed by atoms with E-state index in [1.54, 1.807) is 11.3 Å². The third kappa shape index (κ3) is 4.64. The summed E-state index contributed by atoms with van der Waals surface area (Å²) in [6.45, 7) is 2.19.